The van der Waals surface area contributed by atoms with Crippen LogP contribution in [-0.4, -0.2) is 41.9 Å². The number of aromatic nitrogens is 2. The molecule has 1 saturated heterocycles. The second-order valence-electron chi connectivity index (χ2n) is 7.01. The molecule has 3 rings (SSSR count). The van der Waals surface area contributed by atoms with Crippen molar-refractivity contribution in [3.63, 3.8) is 0 Å². The van der Waals surface area contributed by atoms with Gasteiger partial charge in [-0.15, -0.1) is 0 Å². The predicted molar refractivity (Wildman–Crippen MR) is 95.5 cm³/mol. The van der Waals surface area contributed by atoms with Crippen molar-refractivity contribution in [3.8, 4) is 0 Å². The first kappa shape index (κ1) is 18.0. The number of nitrogens with zero attached hydrogens (tertiary/aromatic N) is 3. The second-order valence-corrected chi connectivity index (χ2v) is 7.01. The van der Waals surface area contributed by atoms with Crippen molar-refractivity contribution in [3.05, 3.63) is 53.1 Å². The van der Waals surface area contributed by atoms with E-state index < -0.39 is 0 Å². The molecule has 6 heteroatoms. The summed E-state index contributed by atoms with van der Waals surface area (Å²) in [7, 11) is 5.85. The number of aryl methyl sites for hydroxylation is 1. The second kappa shape index (κ2) is 8.08. The van der Waals surface area contributed by atoms with Crippen LogP contribution in [0.5, 0.6) is 0 Å². The maximum absolute atomic E-state index is 13.9. The summed E-state index contributed by atoms with van der Waals surface area (Å²) in [6.07, 6.45) is 2.95. The third-order valence-electron chi connectivity index (χ3n) is 4.70. The van der Waals surface area contributed by atoms with Crippen LogP contribution in [0.3, 0.4) is 0 Å². The maximum atomic E-state index is 13.9. The minimum atomic E-state index is -0.141. The first-order valence-corrected chi connectivity index (χ1v) is 8.77. The number of hydrogen-bond acceptors (Lipinski definition) is 4. The highest BCUT2D eigenvalue weighted by Crippen LogP contribution is 2.33. The standard InChI is InChI=1S/C19H27FN4O/c1-23(2)13-16-10-14(4-5-17(16)20)11-21-12-15-7-9-25-19(15)18-6-8-22-24(18)3/h4-6,8,10,15,19,21H,7,9,11-13H2,1-3H3/t15-,19+/m0/s1. The van der Waals surface area contributed by atoms with E-state index in [1.807, 2.05) is 55.1 Å². The van der Waals surface area contributed by atoms with E-state index in [9.17, 15) is 4.39 Å². The number of hydrogen-bond donors (Lipinski definition) is 1. The molecule has 1 fully saturated rings. The number of rotatable bonds is 7. The monoisotopic (exact) mass is 346 g/mol. The van der Waals surface area contributed by atoms with Gasteiger partial charge < -0.3 is 15.0 Å². The number of benzene rings is 1. The van der Waals surface area contributed by atoms with Gasteiger partial charge in [-0.25, -0.2) is 4.39 Å². The van der Waals surface area contributed by atoms with Gasteiger partial charge in [0.2, 0.25) is 0 Å². The molecule has 0 saturated carbocycles. The van der Waals surface area contributed by atoms with E-state index in [1.54, 1.807) is 6.07 Å². The molecule has 1 N–H and O–H groups in total. The first-order valence-electron chi connectivity index (χ1n) is 8.77. The molecule has 5 nitrogen and oxygen atoms in total. The minimum absolute atomic E-state index is 0.0949. The fourth-order valence-electron chi connectivity index (χ4n) is 3.43. The van der Waals surface area contributed by atoms with Gasteiger partial charge in [-0.1, -0.05) is 12.1 Å². The summed E-state index contributed by atoms with van der Waals surface area (Å²) >= 11 is 0. The van der Waals surface area contributed by atoms with Crippen LogP contribution >= 0.6 is 0 Å². The zero-order chi connectivity index (χ0) is 17.8. The molecular formula is C19H27FN4O. The third-order valence-corrected chi connectivity index (χ3v) is 4.70. The SMILES string of the molecule is CN(C)Cc1cc(CNC[C@@H]2CCO[C@H]2c2ccnn2C)ccc1F. The van der Waals surface area contributed by atoms with E-state index in [2.05, 4.69) is 10.4 Å². The average molecular weight is 346 g/mol. The van der Waals surface area contributed by atoms with Gasteiger partial charge in [0.15, 0.2) is 0 Å². The lowest BCUT2D eigenvalue weighted by Gasteiger charge is -2.19. The Balaban J connectivity index is 1.56. The van der Waals surface area contributed by atoms with E-state index in [0.717, 1.165) is 42.9 Å². The molecule has 0 unspecified atom stereocenters. The largest absolute Gasteiger partial charge is 0.372 e. The van der Waals surface area contributed by atoms with E-state index in [-0.39, 0.29) is 11.9 Å². The Morgan fingerprint density at radius 2 is 2.20 bits per heavy atom. The van der Waals surface area contributed by atoms with E-state index >= 15 is 0 Å². The van der Waals surface area contributed by atoms with Crippen LogP contribution in [0, 0.1) is 11.7 Å². The number of ether oxygens (including phenoxy) is 1. The van der Waals surface area contributed by atoms with Gasteiger partial charge in [-0.3, -0.25) is 4.68 Å². The van der Waals surface area contributed by atoms with Gasteiger partial charge in [0.25, 0.3) is 0 Å². The van der Waals surface area contributed by atoms with Crippen molar-refractivity contribution in [2.24, 2.45) is 13.0 Å². The molecule has 0 amide bonds. The average Bonchev–Trinajstić information content (AvgIpc) is 3.18. The van der Waals surface area contributed by atoms with E-state index in [4.69, 9.17) is 4.74 Å². The Bertz CT molecular complexity index is 700. The molecule has 136 valence electrons. The summed E-state index contributed by atoms with van der Waals surface area (Å²) in [5.74, 6) is 0.287. The van der Waals surface area contributed by atoms with Crippen molar-refractivity contribution in [2.75, 3.05) is 27.2 Å². The summed E-state index contributed by atoms with van der Waals surface area (Å²) < 4.78 is 21.7. The topological polar surface area (TPSA) is 42.3 Å². The predicted octanol–water partition coefficient (Wildman–Crippen LogP) is 2.49. The lowest BCUT2D eigenvalue weighted by atomic mass is 9.98. The Morgan fingerprint density at radius 3 is 2.92 bits per heavy atom. The van der Waals surface area contributed by atoms with Gasteiger partial charge >= 0.3 is 0 Å². The summed E-state index contributed by atoms with van der Waals surface area (Å²) in [4.78, 5) is 1.98. The molecule has 1 aliphatic heterocycles. The number of nitrogens with one attached hydrogen (secondary N) is 1. The summed E-state index contributed by atoms with van der Waals surface area (Å²) in [6, 6.07) is 7.39. The molecule has 1 aliphatic rings. The van der Waals surface area contributed by atoms with Gasteiger partial charge in [0, 0.05) is 51.0 Å². The molecule has 0 spiro atoms. The van der Waals surface area contributed by atoms with Crippen molar-refractivity contribution in [1.29, 1.82) is 0 Å². The van der Waals surface area contributed by atoms with Crippen molar-refractivity contribution in [2.45, 2.75) is 25.6 Å². The van der Waals surface area contributed by atoms with Gasteiger partial charge in [0.05, 0.1) is 5.69 Å². The quantitative estimate of drug-likeness (QED) is 0.836. The maximum Gasteiger partial charge on any atom is 0.127 e. The zero-order valence-electron chi connectivity index (χ0n) is 15.2. The lowest BCUT2D eigenvalue weighted by Crippen LogP contribution is -2.25. The van der Waals surface area contributed by atoms with Crippen molar-refractivity contribution < 1.29 is 9.13 Å². The zero-order valence-corrected chi connectivity index (χ0v) is 15.2. The molecule has 0 radical (unpaired) electrons. The molecule has 2 heterocycles. The fraction of sp³-hybridized carbons (Fsp3) is 0.526. The Labute approximate surface area is 148 Å². The highest BCUT2D eigenvalue weighted by Gasteiger charge is 2.31. The number of halogens is 1. The van der Waals surface area contributed by atoms with Crippen LogP contribution in [0.25, 0.3) is 0 Å². The highest BCUT2D eigenvalue weighted by molar-refractivity contribution is 5.25. The summed E-state index contributed by atoms with van der Waals surface area (Å²) in [5.41, 5.74) is 2.97. The van der Waals surface area contributed by atoms with Gasteiger partial charge in [0.1, 0.15) is 11.9 Å². The Kier molecular flexibility index (Phi) is 5.83. The lowest BCUT2D eigenvalue weighted by molar-refractivity contribution is 0.0838. The molecule has 0 aliphatic carbocycles. The van der Waals surface area contributed by atoms with Crippen LogP contribution in [-0.2, 0) is 24.9 Å². The van der Waals surface area contributed by atoms with Crippen LogP contribution in [0.4, 0.5) is 4.39 Å². The van der Waals surface area contributed by atoms with E-state index in [1.165, 1.54) is 0 Å². The van der Waals surface area contributed by atoms with Crippen molar-refractivity contribution >= 4 is 0 Å². The van der Waals surface area contributed by atoms with Crippen LogP contribution in [0.1, 0.15) is 29.3 Å². The molecule has 25 heavy (non-hydrogen) atoms. The highest BCUT2D eigenvalue weighted by atomic mass is 19.1. The fourth-order valence-corrected chi connectivity index (χ4v) is 3.43. The molecule has 2 aromatic rings. The Hall–Kier alpha value is -1.76. The van der Waals surface area contributed by atoms with Crippen LogP contribution in [0.15, 0.2) is 30.5 Å². The third kappa shape index (κ3) is 4.45. The van der Waals surface area contributed by atoms with Crippen LogP contribution < -0.4 is 5.32 Å². The molecule has 1 aromatic heterocycles. The summed E-state index contributed by atoms with van der Waals surface area (Å²) in [5, 5.41) is 7.75. The normalized spacial score (nSPS) is 20.5. The molecular weight excluding hydrogens is 319 g/mol. The van der Waals surface area contributed by atoms with Gasteiger partial charge in [-0.2, -0.15) is 5.10 Å². The molecule has 1 aromatic carbocycles. The van der Waals surface area contributed by atoms with E-state index in [0.29, 0.717) is 12.5 Å². The first-order chi connectivity index (χ1) is 12.0. The molecule has 0 bridgehead atoms. The minimum Gasteiger partial charge on any atom is -0.372 e. The smallest absolute Gasteiger partial charge is 0.127 e. The van der Waals surface area contributed by atoms with Crippen LogP contribution in [0.2, 0.25) is 0 Å². The van der Waals surface area contributed by atoms with Gasteiger partial charge in [-0.05, 0) is 38.2 Å². The van der Waals surface area contributed by atoms with Crippen molar-refractivity contribution in [1.82, 2.24) is 20.0 Å². The summed E-state index contributed by atoms with van der Waals surface area (Å²) in [6.45, 7) is 3.00. The molecule has 2 atom stereocenters. The Morgan fingerprint density at radius 1 is 1.36 bits per heavy atom.